The molecule has 7 aromatic carbocycles. The fraction of sp³-hybridized carbons (Fsp3) is 0.202. The monoisotopic (exact) mass is 1740 g/mol. The smallest absolute Gasteiger partial charge is 0.292 e. The van der Waals surface area contributed by atoms with Crippen LogP contribution in [0.3, 0.4) is 0 Å². The van der Waals surface area contributed by atoms with Crippen molar-refractivity contribution in [1.82, 2.24) is 111 Å². The first-order valence-corrected chi connectivity index (χ1v) is 42.5. The lowest BCUT2D eigenvalue weighted by atomic mass is 9.96. The number of nitrogens with zero attached hydrogens (tertiary/aromatic N) is 24. The van der Waals surface area contributed by atoms with Gasteiger partial charge >= 0.3 is 17.1 Å². The zero-order valence-corrected chi connectivity index (χ0v) is 73.2. The third-order valence-corrected chi connectivity index (χ3v) is 22.9. The normalized spacial score (nSPS) is 11.9. The van der Waals surface area contributed by atoms with Gasteiger partial charge in [0.2, 0.25) is 5.91 Å². The maximum atomic E-state index is 14.8. The van der Waals surface area contributed by atoms with E-state index in [2.05, 4.69) is 64.1 Å². The number of halogens is 3. The van der Waals surface area contributed by atoms with Gasteiger partial charge in [0.1, 0.15) is 39.8 Å². The molecule has 0 atom stereocenters. The highest BCUT2D eigenvalue weighted by atomic mass is 19.1. The molecule has 0 saturated carbocycles. The highest BCUT2D eigenvalue weighted by Gasteiger charge is 2.31. The number of pyridine rings is 1. The molecule has 1 aliphatic heterocycles. The molecule has 0 radical (unpaired) electrons. The van der Waals surface area contributed by atoms with Crippen LogP contribution in [0.4, 0.5) is 19.0 Å². The first-order chi connectivity index (χ1) is 62.9. The van der Waals surface area contributed by atoms with Gasteiger partial charge in [-0.25, -0.2) is 86.2 Å². The highest BCUT2D eigenvalue weighted by Crippen LogP contribution is 2.36. The lowest BCUT2D eigenvalue weighted by molar-refractivity contribution is -0.117. The second-order valence-electron chi connectivity index (χ2n) is 32.9. The number of hydrogen-bond donors (Lipinski definition) is 0. The quantitative estimate of drug-likeness (QED) is 0.0685. The topological polar surface area (TPSA) is 288 Å². The van der Waals surface area contributed by atoms with E-state index in [9.17, 15) is 32.3 Å². The number of carbonyl (C=O) groups is 1. The number of benzene rings is 7. The molecule has 13 heterocycles. The first-order valence-electron chi connectivity index (χ1n) is 42.5. The summed E-state index contributed by atoms with van der Waals surface area (Å²) in [6.07, 6.45) is 23.2. The number of aryl methyl sites for hydroxylation is 3. The van der Waals surface area contributed by atoms with Crippen LogP contribution in [0.25, 0.3) is 102 Å². The average Bonchev–Trinajstić information content (AvgIpc) is 1.63. The summed E-state index contributed by atoms with van der Waals surface area (Å²) in [5, 5.41) is 17.0. The van der Waals surface area contributed by atoms with Gasteiger partial charge in [0.15, 0.2) is 40.2 Å². The molecule has 28 nitrogen and oxygen atoms in total. The van der Waals surface area contributed by atoms with E-state index in [-0.39, 0.29) is 69.9 Å². The van der Waals surface area contributed by atoms with Gasteiger partial charge in [-0.3, -0.25) is 42.1 Å². The first kappa shape index (κ1) is 86.1. The minimum atomic E-state index is -0.375. The Hall–Kier alpha value is -16.1. The van der Waals surface area contributed by atoms with E-state index in [0.29, 0.717) is 101 Å². The van der Waals surface area contributed by atoms with Crippen molar-refractivity contribution in [1.29, 1.82) is 0 Å². The lowest BCUT2D eigenvalue weighted by Gasteiger charge is -2.18. The summed E-state index contributed by atoms with van der Waals surface area (Å²) in [5.74, 6) is 2.07. The molecule has 0 aliphatic carbocycles. The van der Waals surface area contributed by atoms with Crippen molar-refractivity contribution in [2.75, 3.05) is 4.90 Å². The van der Waals surface area contributed by atoms with Crippen LogP contribution >= 0.6 is 0 Å². The summed E-state index contributed by atoms with van der Waals surface area (Å²) in [7, 11) is 5.10. The molecule has 0 bridgehead atoms. The molecule has 12 aromatic heterocycles. The Morgan fingerprint density at radius 2 is 0.746 bits per heavy atom. The molecule has 0 spiro atoms. The van der Waals surface area contributed by atoms with Crippen LogP contribution in [0.2, 0.25) is 0 Å². The molecule has 20 rings (SSSR count). The molecule has 0 fully saturated rings. The average molecular weight is 1740 g/mol. The predicted molar refractivity (Wildman–Crippen MR) is 493 cm³/mol. The summed E-state index contributed by atoms with van der Waals surface area (Å²) in [4.78, 5) is 94.9. The molecule has 0 saturated heterocycles. The zero-order valence-electron chi connectivity index (χ0n) is 73.2. The largest absolute Gasteiger partial charge is 0.330 e. The molecule has 130 heavy (non-hydrogen) atoms. The van der Waals surface area contributed by atoms with Crippen molar-refractivity contribution in [3.05, 3.63) is 368 Å². The lowest BCUT2D eigenvalue weighted by Crippen LogP contribution is -2.26. The van der Waals surface area contributed by atoms with E-state index in [1.807, 2.05) is 206 Å². The summed E-state index contributed by atoms with van der Waals surface area (Å²) in [6.45, 7) is 17.8. The summed E-state index contributed by atoms with van der Waals surface area (Å²) in [5.41, 5.74) is 17.6. The minimum Gasteiger partial charge on any atom is -0.292 e. The van der Waals surface area contributed by atoms with E-state index in [1.54, 1.807) is 137 Å². The van der Waals surface area contributed by atoms with Gasteiger partial charge in [0.25, 0.3) is 0 Å². The molecule has 1 amide bonds. The Balaban J connectivity index is 0.000000121. The molecule has 19 aromatic rings. The van der Waals surface area contributed by atoms with Gasteiger partial charge in [-0.2, -0.15) is 20.4 Å². The van der Waals surface area contributed by atoms with E-state index < -0.39 is 0 Å². The van der Waals surface area contributed by atoms with Crippen molar-refractivity contribution in [2.24, 2.45) is 21.1 Å². The maximum Gasteiger partial charge on any atom is 0.330 e. The van der Waals surface area contributed by atoms with Gasteiger partial charge in [-0.1, -0.05) is 122 Å². The maximum absolute atomic E-state index is 14.8. The van der Waals surface area contributed by atoms with Crippen LogP contribution in [0, 0.1) is 17.5 Å². The molecule has 652 valence electrons. The van der Waals surface area contributed by atoms with Crippen molar-refractivity contribution in [3.8, 4) is 68.3 Å². The third kappa shape index (κ3) is 17.7. The Kier molecular flexibility index (Phi) is 24.4. The van der Waals surface area contributed by atoms with Gasteiger partial charge in [-0.05, 0) is 184 Å². The van der Waals surface area contributed by atoms with Crippen molar-refractivity contribution in [2.45, 2.75) is 112 Å². The van der Waals surface area contributed by atoms with Crippen LogP contribution < -0.4 is 22.0 Å². The predicted octanol–water partition coefficient (Wildman–Crippen LogP) is 16.8. The van der Waals surface area contributed by atoms with E-state index in [1.165, 1.54) is 39.5 Å². The van der Waals surface area contributed by atoms with E-state index in [4.69, 9.17) is 15.0 Å². The Bertz CT molecular complexity index is 7500. The van der Waals surface area contributed by atoms with Crippen molar-refractivity contribution in [3.63, 3.8) is 0 Å². The van der Waals surface area contributed by atoms with Crippen LogP contribution in [0.5, 0.6) is 0 Å². The Morgan fingerprint density at radius 1 is 0.346 bits per heavy atom. The Morgan fingerprint density at radius 3 is 1.18 bits per heavy atom. The number of imidazole rings is 3. The van der Waals surface area contributed by atoms with Crippen molar-refractivity contribution < 1.29 is 18.0 Å². The van der Waals surface area contributed by atoms with Crippen LogP contribution in [-0.4, -0.2) is 117 Å². The number of fused-ring (bicyclic) bond motifs is 4. The summed E-state index contributed by atoms with van der Waals surface area (Å²) in [6, 6.07) is 57.2. The number of anilines is 1. The number of amides is 1. The SMILES string of the molecule is CC(C)c1cc(F)ccc1-c1ncc2c(n1)n(Cc1ccc(-n3cccn3)cc1)c(=O)n2C.CC(C)c1ccc(F)cc1-c1ncc2c(n1)n(Cc1ccc(-n3cccn3)cc1)c(=O)n2C.CC(C)c1cccc(F)c1-c1ncc2c(n1)n(Cc1ccc(-n3cccn3)cc1)c(=O)n2C.CC(C)c1ncccc1-c1ncc2c(n1)N(Cc1ccc(-n3cccn3)cc1)C(=O)C2. The fourth-order valence-corrected chi connectivity index (χ4v) is 16.0. The van der Waals surface area contributed by atoms with Crippen molar-refractivity contribution >= 4 is 45.2 Å². The number of carbonyl (C=O) groups excluding carboxylic acids is 1. The molecular weight excluding hydrogens is 1650 g/mol. The molecular formula is C99H91F3N24O4. The molecule has 0 N–H and O–H groups in total. The number of hydrogen-bond acceptors (Lipinski definition) is 17. The van der Waals surface area contributed by atoms with Gasteiger partial charge < -0.3 is 0 Å². The molecule has 0 unspecified atom stereocenters. The Labute approximate surface area is 744 Å². The zero-order chi connectivity index (χ0) is 90.7. The standard InChI is InChI=1S/3C25H23FN6O.C24H22N6O/c1-16(2)21-13-18(26)7-10-20(21)23-27-14-22-24(29-23)31(25(33)30(22)3)15-17-5-8-19(9-6-17)32-12-4-11-28-32;1-16(2)20-10-7-18(26)13-21(20)23-27-14-22-24(29-23)31(25(33)30(22)3)15-17-5-8-19(9-6-17)32-12-4-11-28-32;1-16(2)19-6-4-7-20(26)22(19)23-27-14-21-24(29-23)31(25(33)30(21)3)15-17-8-10-18(11-9-17)32-13-5-12-28-32;1-16(2)22-20(5-3-10-25-22)23-26-14-18-13-21(31)29(24(18)28-23)15-17-6-8-19(9-7-17)30-12-4-11-27-30/h3*4-14,16H,15H2,1-3H3;3-12,14,16H,13,15H2,1-2H3. The van der Waals surface area contributed by atoms with Crippen LogP contribution in [0.1, 0.15) is 129 Å². The van der Waals surface area contributed by atoms with Gasteiger partial charge in [-0.15, -0.1) is 0 Å². The number of rotatable bonds is 20. The fourth-order valence-electron chi connectivity index (χ4n) is 16.0. The van der Waals surface area contributed by atoms with E-state index >= 15 is 0 Å². The van der Waals surface area contributed by atoms with Crippen LogP contribution in [0.15, 0.2) is 283 Å². The highest BCUT2D eigenvalue weighted by molar-refractivity contribution is 6.00. The molecule has 31 heteroatoms. The number of aromatic nitrogens is 23. The van der Waals surface area contributed by atoms with Gasteiger partial charge in [0.05, 0.1) is 85.2 Å². The molecule has 1 aliphatic rings. The summed E-state index contributed by atoms with van der Waals surface area (Å²) < 4.78 is 59.3. The summed E-state index contributed by atoms with van der Waals surface area (Å²) >= 11 is 0. The second kappa shape index (κ2) is 36.8. The minimum absolute atomic E-state index is 0.0351. The van der Waals surface area contributed by atoms with Gasteiger partial charge in [0, 0.05) is 105 Å². The third-order valence-electron chi connectivity index (χ3n) is 22.9. The van der Waals surface area contributed by atoms with E-state index in [0.717, 1.165) is 84.1 Å². The second-order valence-corrected chi connectivity index (χ2v) is 32.9. The van der Waals surface area contributed by atoms with Crippen LogP contribution in [-0.2, 0) is 58.5 Å².